The van der Waals surface area contributed by atoms with E-state index in [2.05, 4.69) is 10.5 Å². The second kappa shape index (κ2) is 9.45. The molecule has 1 aromatic heterocycles. The first-order valence-corrected chi connectivity index (χ1v) is 10.6. The Hall–Kier alpha value is -3.66. The first kappa shape index (κ1) is 22.5. The summed E-state index contributed by atoms with van der Waals surface area (Å²) in [6.45, 7) is 2.02. The zero-order valence-corrected chi connectivity index (χ0v) is 18.4. The molecule has 170 valence electrons. The molecule has 1 atom stereocenters. The fraction of sp³-hybridized carbons (Fsp3) is 0.217. The topological polar surface area (TPSA) is 78.7 Å². The van der Waals surface area contributed by atoms with Gasteiger partial charge in [-0.2, -0.15) is 0 Å². The number of thiocarbonyl (C=S) groups is 1. The number of aromatic nitrogens is 1. The molecule has 1 aliphatic heterocycles. The fourth-order valence-electron chi connectivity index (χ4n) is 3.61. The number of rotatable bonds is 7. The summed E-state index contributed by atoms with van der Waals surface area (Å²) in [6, 6.07) is 12.1. The Labute approximate surface area is 194 Å². The van der Waals surface area contributed by atoms with Gasteiger partial charge >= 0.3 is 0 Å². The fourth-order valence-corrected chi connectivity index (χ4v) is 4.02. The minimum atomic E-state index is -0.865. The summed E-state index contributed by atoms with van der Waals surface area (Å²) >= 11 is 5.57. The van der Waals surface area contributed by atoms with E-state index in [9.17, 15) is 18.4 Å². The summed E-state index contributed by atoms with van der Waals surface area (Å²) in [5.74, 6) is -0.825. The Kier molecular flexibility index (Phi) is 6.45. The highest BCUT2D eigenvalue weighted by Crippen LogP contribution is 2.28. The first-order valence-electron chi connectivity index (χ1n) is 10.2. The van der Waals surface area contributed by atoms with E-state index in [1.807, 2.05) is 0 Å². The van der Waals surface area contributed by atoms with E-state index in [0.29, 0.717) is 24.4 Å². The lowest BCUT2D eigenvalue weighted by molar-refractivity contribution is -0.124. The van der Waals surface area contributed by atoms with Crippen LogP contribution in [0.15, 0.2) is 59.1 Å². The van der Waals surface area contributed by atoms with E-state index in [0.717, 1.165) is 5.56 Å². The normalized spacial score (nSPS) is 15.9. The van der Waals surface area contributed by atoms with Crippen molar-refractivity contribution in [1.82, 2.24) is 10.1 Å². The van der Waals surface area contributed by atoms with Crippen molar-refractivity contribution in [3.8, 4) is 0 Å². The standard InChI is InChI=1S/C23H20F2N4O3S/c1-14-12-20(27-32-14)26-21(30)13-19-22(31)29(18-8-6-17(25)7-9-18)23(33)28(19)11-10-15-2-4-16(24)5-3-15/h2-9,12,19H,10-11,13H2,1H3,(H,26,27,30). The number of benzene rings is 2. The van der Waals surface area contributed by atoms with Crippen LogP contribution in [0.25, 0.3) is 0 Å². The van der Waals surface area contributed by atoms with Gasteiger partial charge in [0.1, 0.15) is 23.4 Å². The Morgan fingerprint density at radius 3 is 2.36 bits per heavy atom. The third-order valence-electron chi connectivity index (χ3n) is 5.23. The van der Waals surface area contributed by atoms with Crippen molar-refractivity contribution in [3.63, 3.8) is 0 Å². The van der Waals surface area contributed by atoms with Crippen molar-refractivity contribution in [2.75, 3.05) is 16.8 Å². The average molecular weight is 471 g/mol. The Balaban J connectivity index is 1.55. The largest absolute Gasteiger partial charge is 0.360 e. The van der Waals surface area contributed by atoms with Crippen LogP contribution in [-0.2, 0) is 16.0 Å². The maximum absolute atomic E-state index is 13.4. The molecule has 1 N–H and O–H groups in total. The van der Waals surface area contributed by atoms with E-state index in [1.165, 1.54) is 41.3 Å². The smallest absolute Gasteiger partial charge is 0.256 e. The number of amides is 2. The number of aryl methyl sites for hydroxylation is 1. The number of nitrogens with zero attached hydrogens (tertiary/aromatic N) is 3. The van der Waals surface area contributed by atoms with Crippen LogP contribution in [0.4, 0.5) is 20.3 Å². The van der Waals surface area contributed by atoms with Crippen LogP contribution in [0.3, 0.4) is 0 Å². The summed E-state index contributed by atoms with van der Waals surface area (Å²) in [7, 11) is 0. The zero-order chi connectivity index (χ0) is 23.5. The van der Waals surface area contributed by atoms with Crippen molar-refractivity contribution in [2.24, 2.45) is 0 Å². The van der Waals surface area contributed by atoms with Crippen LogP contribution >= 0.6 is 12.2 Å². The number of carbonyl (C=O) groups excluding carboxylic acids is 2. The molecule has 0 radical (unpaired) electrons. The monoisotopic (exact) mass is 470 g/mol. The highest BCUT2D eigenvalue weighted by atomic mass is 32.1. The van der Waals surface area contributed by atoms with Gasteiger partial charge in [-0.3, -0.25) is 14.5 Å². The van der Waals surface area contributed by atoms with E-state index < -0.39 is 23.7 Å². The van der Waals surface area contributed by atoms with Gasteiger partial charge in [0.05, 0.1) is 12.1 Å². The van der Waals surface area contributed by atoms with Crippen LogP contribution in [-0.4, -0.2) is 39.6 Å². The number of halogens is 2. The number of nitrogens with one attached hydrogen (secondary N) is 1. The molecule has 1 fully saturated rings. The van der Waals surface area contributed by atoms with E-state index >= 15 is 0 Å². The molecule has 1 saturated heterocycles. The van der Waals surface area contributed by atoms with Crippen LogP contribution in [0.2, 0.25) is 0 Å². The van der Waals surface area contributed by atoms with Crippen LogP contribution in [0.1, 0.15) is 17.7 Å². The minimum Gasteiger partial charge on any atom is -0.360 e. The highest BCUT2D eigenvalue weighted by molar-refractivity contribution is 7.80. The quantitative estimate of drug-likeness (QED) is 0.529. The number of anilines is 2. The van der Waals surface area contributed by atoms with Gasteiger partial charge < -0.3 is 14.7 Å². The van der Waals surface area contributed by atoms with Gasteiger partial charge in [-0.05, 0) is 67.5 Å². The van der Waals surface area contributed by atoms with Crippen molar-refractivity contribution in [3.05, 3.63) is 77.6 Å². The van der Waals surface area contributed by atoms with Crippen molar-refractivity contribution in [2.45, 2.75) is 25.8 Å². The van der Waals surface area contributed by atoms with Gasteiger partial charge in [-0.1, -0.05) is 17.3 Å². The van der Waals surface area contributed by atoms with Gasteiger partial charge in [0, 0.05) is 12.6 Å². The van der Waals surface area contributed by atoms with Crippen LogP contribution in [0, 0.1) is 18.6 Å². The molecule has 0 saturated carbocycles. The molecule has 2 heterocycles. The summed E-state index contributed by atoms with van der Waals surface area (Å²) in [4.78, 5) is 28.9. The Morgan fingerprint density at radius 2 is 1.76 bits per heavy atom. The second-order valence-corrected chi connectivity index (χ2v) is 7.96. The van der Waals surface area contributed by atoms with Crippen LogP contribution < -0.4 is 10.2 Å². The van der Waals surface area contributed by atoms with Crippen LogP contribution in [0.5, 0.6) is 0 Å². The number of hydrogen-bond donors (Lipinski definition) is 1. The van der Waals surface area contributed by atoms with Gasteiger partial charge in [0.2, 0.25) is 5.91 Å². The average Bonchev–Trinajstić information content (AvgIpc) is 3.29. The van der Waals surface area contributed by atoms with Crippen molar-refractivity contribution < 1.29 is 22.9 Å². The molecule has 1 aliphatic rings. The summed E-state index contributed by atoms with van der Waals surface area (Å²) in [5, 5.41) is 6.55. The molecule has 7 nitrogen and oxygen atoms in total. The lowest BCUT2D eigenvalue weighted by Gasteiger charge is -2.23. The molecule has 0 spiro atoms. The van der Waals surface area contributed by atoms with Gasteiger partial charge in [-0.15, -0.1) is 0 Å². The molecule has 4 rings (SSSR count). The maximum Gasteiger partial charge on any atom is 0.256 e. The Bertz CT molecular complexity index is 1180. The molecule has 10 heteroatoms. The van der Waals surface area contributed by atoms with Crippen molar-refractivity contribution >= 4 is 40.6 Å². The van der Waals surface area contributed by atoms with Gasteiger partial charge in [-0.25, -0.2) is 8.78 Å². The number of carbonyl (C=O) groups is 2. The SMILES string of the molecule is Cc1cc(NC(=O)CC2C(=O)N(c3ccc(F)cc3)C(=S)N2CCc2ccc(F)cc2)no1. The van der Waals surface area contributed by atoms with Crippen molar-refractivity contribution in [1.29, 1.82) is 0 Å². The lowest BCUT2D eigenvalue weighted by Crippen LogP contribution is -2.39. The Morgan fingerprint density at radius 1 is 1.12 bits per heavy atom. The molecule has 2 amide bonds. The molecule has 3 aromatic rings. The lowest BCUT2D eigenvalue weighted by atomic mass is 10.1. The minimum absolute atomic E-state index is 0.175. The zero-order valence-electron chi connectivity index (χ0n) is 17.6. The van der Waals surface area contributed by atoms with Gasteiger partial charge in [0.25, 0.3) is 5.91 Å². The predicted molar refractivity (Wildman–Crippen MR) is 122 cm³/mol. The second-order valence-electron chi connectivity index (χ2n) is 7.59. The molecular formula is C23H20F2N4O3S. The summed E-state index contributed by atoms with van der Waals surface area (Å²) < 4.78 is 31.6. The first-order chi connectivity index (χ1) is 15.8. The summed E-state index contributed by atoms with van der Waals surface area (Å²) in [5.41, 5.74) is 1.27. The maximum atomic E-state index is 13.4. The number of hydrogen-bond acceptors (Lipinski definition) is 5. The van der Waals surface area contributed by atoms with E-state index in [4.69, 9.17) is 16.7 Å². The molecule has 2 aromatic carbocycles. The molecule has 1 unspecified atom stereocenters. The third-order valence-corrected chi connectivity index (χ3v) is 5.65. The molecular weight excluding hydrogens is 450 g/mol. The van der Waals surface area contributed by atoms with E-state index in [-0.39, 0.29) is 23.2 Å². The highest BCUT2D eigenvalue weighted by Gasteiger charge is 2.44. The van der Waals surface area contributed by atoms with E-state index in [1.54, 1.807) is 30.0 Å². The molecule has 0 aliphatic carbocycles. The molecule has 0 bridgehead atoms. The molecule has 33 heavy (non-hydrogen) atoms. The summed E-state index contributed by atoms with van der Waals surface area (Å²) in [6.07, 6.45) is 0.303. The third kappa shape index (κ3) is 5.06. The van der Waals surface area contributed by atoms with Gasteiger partial charge in [0.15, 0.2) is 10.9 Å². The predicted octanol–water partition coefficient (Wildman–Crippen LogP) is 3.83.